The van der Waals surface area contributed by atoms with Gasteiger partial charge in [-0.15, -0.1) is 0 Å². The third kappa shape index (κ3) is 1.78. The molecule has 1 aromatic heterocycles. The molecule has 2 aromatic rings. The molecule has 2 N–H and O–H groups in total. The monoisotopic (exact) mass is 281 g/mol. The lowest BCUT2D eigenvalue weighted by molar-refractivity contribution is 0.413. The number of nitrogens with zero attached hydrogens (tertiary/aromatic N) is 2. The maximum absolute atomic E-state index is 5.76. The minimum absolute atomic E-state index is 0.622. The first-order valence-corrected chi connectivity index (χ1v) is 5.55. The van der Waals surface area contributed by atoms with Gasteiger partial charge in [0, 0.05) is 18.7 Å². The average Bonchev–Trinajstić information content (AvgIpc) is 2.59. The van der Waals surface area contributed by atoms with Crippen LogP contribution < -0.4 is 10.5 Å². The molecule has 1 heterocycles. The molecule has 0 radical (unpaired) electrons. The number of benzene rings is 1. The number of halogens is 1. The Hall–Kier alpha value is -1.49. The first-order chi connectivity index (χ1) is 7.63. The normalized spacial score (nSPS) is 10.4. The molecule has 4 nitrogen and oxygen atoms in total. The number of hydrogen-bond donors (Lipinski definition) is 1. The summed E-state index contributed by atoms with van der Waals surface area (Å²) in [7, 11) is 3.44. The molecule has 0 aliphatic rings. The first-order valence-electron chi connectivity index (χ1n) is 4.76. The second-order valence-electron chi connectivity index (χ2n) is 3.40. The van der Waals surface area contributed by atoms with E-state index in [2.05, 4.69) is 21.0 Å². The molecule has 0 saturated carbocycles. The van der Waals surface area contributed by atoms with Gasteiger partial charge in [-0.2, -0.15) is 5.10 Å². The standard InChI is InChI=1S/C11H12BrN3O/c1-15-10(13)6-9(14-15)7-4-3-5-8(12)11(7)16-2/h3-6H,13H2,1-2H3. The highest BCUT2D eigenvalue weighted by Gasteiger charge is 2.12. The number of aryl methyl sites for hydroxylation is 1. The van der Waals surface area contributed by atoms with Crippen molar-refractivity contribution < 1.29 is 4.74 Å². The Morgan fingerprint density at radius 2 is 2.19 bits per heavy atom. The Morgan fingerprint density at radius 1 is 1.44 bits per heavy atom. The van der Waals surface area contributed by atoms with E-state index in [0.717, 1.165) is 21.5 Å². The summed E-state index contributed by atoms with van der Waals surface area (Å²) < 4.78 is 7.88. The number of methoxy groups -OCH3 is 1. The van der Waals surface area contributed by atoms with Crippen molar-refractivity contribution in [3.05, 3.63) is 28.7 Å². The molecule has 1 aromatic carbocycles. The van der Waals surface area contributed by atoms with Crippen LogP contribution in [0.2, 0.25) is 0 Å². The number of ether oxygens (including phenoxy) is 1. The molecule has 16 heavy (non-hydrogen) atoms. The minimum atomic E-state index is 0.622. The van der Waals surface area contributed by atoms with Gasteiger partial charge in [0.05, 0.1) is 17.3 Å². The van der Waals surface area contributed by atoms with Crippen LogP contribution in [0.25, 0.3) is 11.3 Å². The van der Waals surface area contributed by atoms with Gasteiger partial charge in [0.15, 0.2) is 0 Å². The van der Waals surface area contributed by atoms with Gasteiger partial charge in [-0.25, -0.2) is 0 Å². The predicted molar refractivity (Wildman–Crippen MR) is 67.3 cm³/mol. The van der Waals surface area contributed by atoms with E-state index in [1.54, 1.807) is 11.8 Å². The molecule has 0 unspecified atom stereocenters. The molecule has 0 aliphatic carbocycles. The SMILES string of the molecule is COc1c(Br)cccc1-c1cc(N)n(C)n1. The Labute approximate surface area is 102 Å². The third-order valence-electron chi connectivity index (χ3n) is 2.36. The van der Waals surface area contributed by atoms with Crippen molar-refractivity contribution in [3.63, 3.8) is 0 Å². The van der Waals surface area contributed by atoms with Crippen molar-refractivity contribution in [3.8, 4) is 17.0 Å². The zero-order valence-electron chi connectivity index (χ0n) is 9.07. The van der Waals surface area contributed by atoms with Crippen LogP contribution >= 0.6 is 15.9 Å². The Morgan fingerprint density at radius 3 is 2.75 bits per heavy atom. The molecule has 0 amide bonds. The fourth-order valence-corrected chi connectivity index (χ4v) is 2.06. The summed E-state index contributed by atoms with van der Waals surface area (Å²) in [5.41, 5.74) is 7.48. The number of aromatic nitrogens is 2. The van der Waals surface area contributed by atoms with Crippen molar-refractivity contribution in [2.75, 3.05) is 12.8 Å². The third-order valence-corrected chi connectivity index (χ3v) is 2.99. The van der Waals surface area contributed by atoms with Crippen LogP contribution in [0.1, 0.15) is 0 Å². The fourth-order valence-electron chi connectivity index (χ4n) is 1.53. The molecular weight excluding hydrogens is 270 g/mol. The van der Waals surface area contributed by atoms with Crippen molar-refractivity contribution in [1.82, 2.24) is 9.78 Å². The molecular formula is C11H12BrN3O. The summed E-state index contributed by atoms with van der Waals surface area (Å²) in [4.78, 5) is 0. The highest BCUT2D eigenvalue weighted by atomic mass is 79.9. The lowest BCUT2D eigenvalue weighted by Gasteiger charge is -2.07. The van der Waals surface area contributed by atoms with E-state index in [9.17, 15) is 0 Å². The highest BCUT2D eigenvalue weighted by Crippen LogP contribution is 2.35. The van der Waals surface area contributed by atoms with Gasteiger partial charge in [-0.05, 0) is 28.1 Å². The second kappa shape index (κ2) is 4.17. The number of anilines is 1. The maximum Gasteiger partial charge on any atom is 0.142 e. The van der Waals surface area contributed by atoms with E-state index < -0.39 is 0 Å². The molecule has 84 valence electrons. The van der Waals surface area contributed by atoms with Crippen LogP contribution in [0.5, 0.6) is 5.75 Å². The molecule has 0 fully saturated rings. The van der Waals surface area contributed by atoms with Crippen molar-refractivity contribution >= 4 is 21.7 Å². The smallest absolute Gasteiger partial charge is 0.142 e. The number of nitrogens with two attached hydrogens (primary N) is 1. The lowest BCUT2D eigenvalue weighted by atomic mass is 10.1. The molecule has 0 saturated heterocycles. The van der Waals surface area contributed by atoms with E-state index in [-0.39, 0.29) is 0 Å². The first kappa shape index (κ1) is 11.0. The summed E-state index contributed by atoms with van der Waals surface area (Å²) in [5, 5.41) is 4.32. The van der Waals surface area contributed by atoms with Crippen molar-refractivity contribution in [2.24, 2.45) is 7.05 Å². The van der Waals surface area contributed by atoms with Gasteiger partial charge < -0.3 is 10.5 Å². The number of rotatable bonds is 2. The summed E-state index contributed by atoms with van der Waals surface area (Å²) in [6.07, 6.45) is 0. The minimum Gasteiger partial charge on any atom is -0.495 e. The molecule has 0 atom stereocenters. The van der Waals surface area contributed by atoms with Crippen LogP contribution in [0, 0.1) is 0 Å². The quantitative estimate of drug-likeness (QED) is 0.920. The van der Waals surface area contributed by atoms with Crippen molar-refractivity contribution in [2.45, 2.75) is 0 Å². The predicted octanol–water partition coefficient (Wildman–Crippen LogP) is 2.44. The second-order valence-corrected chi connectivity index (χ2v) is 4.25. The van der Waals surface area contributed by atoms with Crippen LogP contribution in [0.15, 0.2) is 28.7 Å². The summed E-state index contributed by atoms with van der Waals surface area (Å²) in [6, 6.07) is 7.64. The van der Waals surface area contributed by atoms with Gasteiger partial charge >= 0.3 is 0 Å². The molecule has 2 rings (SSSR count). The largest absolute Gasteiger partial charge is 0.495 e. The molecule has 0 bridgehead atoms. The molecule has 5 heteroatoms. The zero-order chi connectivity index (χ0) is 11.7. The van der Waals surface area contributed by atoms with E-state index >= 15 is 0 Å². The number of nitrogen functional groups attached to an aromatic ring is 1. The van der Waals surface area contributed by atoms with Crippen LogP contribution in [-0.4, -0.2) is 16.9 Å². The van der Waals surface area contributed by atoms with E-state index in [0.29, 0.717) is 5.82 Å². The van der Waals surface area contributed by atoms with Gasteiger partial charge in [0.25, 0.3) is 0 Å². The van der Waals surface area contributed by atoms with Crippen molar-refractivity contribution in [1.29, 1.82) is 0 Å². The zero-order valence-corrected chi connectivity index (χ0v) is 10.7. The average molecular weight is 282 g/mol. The number of para-hydroxylation sites is 1. The fraction of sp³-hybridized carbons (Fsp3) is 0.182. The summed E-state index contributed by atoms with van der Waals surface area (Å²) in [6.45, 7) is 0. The Balaban J connectivity index is 2.59. The summed E-state index contributed by atoms with van der Waals surface area (Å²) >= 11 is 3.44. The Bertz CT molecular complexity index is 502. The van der Waals surface area contributed by atoms with Gasteiger partial charge in [0.1, 0.15) is 11.6 Å². The van der Waals surface area contributed by atoms with E-state index in [1.807, 2.05) is 31.3 Å². The number of hydrogen-bond acceptors (Lipinski definition) is 3. The Kier molecular flexibility index (Phi) is 2.87. The van der Waals surface area contributed by atoms with Crippen LogP contribution in [-0.2, 0) is 7.05 Å². The maximum atomic E-state index is 5.76. The van der Waals surface area contributed by atoms with E-state index in [4.69, 9.17) is 10.5 Å². The van der Waals surface area contributed by atoms with Gasteiger partial charge in [-0.1, -0.05) is 6.07 Å². The van der Waals surface area contributed by atoms with E-state index in [1.165, 1.54) is 0 Å². The highest BCUT2D eigenvalue weighted by molar-refractivity contribution is 9.10. The molecule has 0 aliphatic heterocycles. The van der Waals surface area contributed by atoms with Crippen LogP contribution in [0.4, 0.5) is 5.82 Å². The summed E-state index contributed by atoms with van der Waals surface area (Å²) in [5.74, 6) is 1.39. The topological polar surface area (TPSA) is 53.1 Å². The van der Waals surface area contributed by atoms with Crippen LogP contribution in [0.3, 0.4) is 0 Å². The van der Waals surface area contributed by atoms with Gasteiger partial charge in [0.2, 0.25) is 0 Å². The molecule has 0 spiro atoms. The van der Waals surface area contributed by atoms with Gasteiger partial charge in [-0.3, -0.25) is 4.68 Å². The lowest BCUT2D eigenvalue weighted by Crippen LogP contribution is -1.96.